The first-order valence-corrected chi connectivity index (χ1v) is 6.26. The van der Waals surface area contributed by atoms with Crippen molar-refractivity contribution in [2.75, 3.05) is 46.7 Å². The molecule has 3 N–H and O–H groups in total. The first kappa shape index (κ1) is 17.3. The summed E-state index contributed by atoms with van der Waals surface area (Å²) in [6, 6.07) is -0.299. The van der Waals surface area contributed by atoms with Gasteiger partial charge in [-0.15, -0.1) is 0 Å². The zero-order valence-corrected chi connectivity index (χ0v) is 11.6. The second kappa shape index (κ2) is 11.4. The van der Waals surface area contributed by atoms with Crippen molar-refractivity contribution in [1.29, 1.82) is 0 Å². The van der Waals surface area contributed by atoms with E-state index >= 15 is 0 Å². The predicted molar refractivity (Wildman–Crippen MR) is 69.3 cm³/mol. The Morgan fingerprint density at radius 2 is 1.67 bits per heavy atom. The number of hydrogen-bond donors (Lipinski definition) is 2. The maximum absolute atomic E-state index is 11.1. The standard InChI is InChI=1S/C12H26N2O4/c1-10(2)11(12(13)15)14-4-5-17-8-9-18-7-6-16-3/h10-11,14H,4-9H2,1-3H3,(H2,13,15). The second-order valence-corrected chi connectivity index (χ2v) is 4.30. The van der Waals surface area contributed by atoms with E-state index in [1.54, 1.807) is 7.11 Å². The first-order valence-electron chi connectivity index (χ1n) is 6.26. The third-order valence-corrected chi connectivity index (χ3v) is 2.39. The van der Waals surface area contributed by atoms with Crippen LogP contribution in [0.1, 0.15) is 13.8 Å². The van der Waals surface area contributed by atoms with Crippen LogP contribution in [0, 0.1) is 5.92 Å². The van der Waals surface area contributed by atoms with Crippen LogP contribution in [0.5, 0.6) is 0 Å². The molecule has 108 valence electrons. The number of primary amides is 1. The molecule has 6 heteroatoms. The molecule has 1 unspecified atom stereocenters. The Kier molecular flexibility index (Phi) is 11.0. The van der Waals surface area contributed by atoms with Gasteiger partial charge in [-0.3, -0.25) is 4.79 Å². The van der Waals surface area contributed by atoms with Crippen molar-refractivity contribution < 1.29 is 19.0 Å². The average molecular weight is 262 g/mol. The van der Waals surface area contributed by atoms with Gasteiger partial charge in [0.05, 0.1) is 39.1 Å². The lowest BCUT2D eigenvalue weighted by Gasteiger charge is -2.18. The van der Waals surface area contributed by atoms with Crippen LogP contribution in [0.4, 0.5) is 0 Å². The number of nitrogens with two attached hydrogens (primary N) is 1. The highest BCUT2D eigenvalue weighted by Crippen LogP contribution is 1.99. The minimum Gasteiger partial charge on any atom is -0.382 e. The lowest BCUT2D eigenvalue weighted by molar-refractivity contribution is -0.121. The average Bonchev–Trinajstić information content (AvgIpc) is 2.30. The van der Waals surface area contributed by atoms with E-state index in [1.165, 1.54) is 0 Å². The smallest absolute Gasteiger partial charge is 0.234 e. The van der Waals surface area contributed by atoms with Crippen molar-refractivity contribution >= 4 is 5.91 Å². The van der Waals surface area contributed by atoms with E-state index in [2.05, 4.69) is 5.32 Å². The number of amides is 1. The molecule has 0 aliphatic rings. The highest BCUT2D eigenvalue weighted by molar-refractivity contribution is 5.80. The Morgan fingerprint density at radius 1 is 1.11 bits per heavy atom. The number of rotatable bonds is 12. The maximum Gasteiger partial charge on any atom is 0.234 e. The first-order chi connectivity index (χ1) is 8.59. The fourth-order valence-corrected chi connectivity index (χ4v) is 1.42. The summed E-state index contributed by atoms with van der Waals surface area (Å²) in [6.07, 6.45) is 0. The highest BCUT2D eigenvalue weighted by atomic mass is 16.5. The predicted octanol–water partition coefficient (Wildman–Crippen LogP) is -0.234. The largest absolute Gasteiger partial charge is 0.382 e. The molecule has 0 radical (unpaired) electrons. The van der Waals surface area contributed by atoms with Gasteiger partial charge in [-0.2, -0.15) is 0 Å². The van der Waals surface area contributed by atoms with E-state index in [1.807, 2.05) is 13.8 Å². The molecule has 0 aliphatic heterocycles. The summed E-state index contributed by atoms with van der Waals surface area (Å²) in [7, 11) is 1.63. The number of nitrogens with one attached hydrogen (secondary N) is 1. The molecule has 1 amide bonds. The van der Waals surface area contributed by atoms with Gasteiger partial charge in [0.1, 0.15) is 0 Å². The molecular formula is C12H26N2O4. The van der Waals surface area contributed by atoms with Crippen LogP contribution in [0.2, 0.25) is 0 Å². The number of ether oxygens (including phenoxy) is 3. The molecule has 6 nitrogen and oxygen atoms in total. The lowest BCUT2D eigenvalue weighted by atomic mass is 10.0. The Hall–Kier alpha value is -0.690. The van der Waals surface area contributed by atoms with Gasteiger partial charge in [0.2, 0.25) is 5.91 Å². The molecule has 0 fully saturated rings. The fourth-order valence-electron chi connectivity index (χ4n) is 1.42. The third-order valence-electron chi connectivity index (χ3n) is 2.39. The Labute approximate surface area is 109 Å². The summed E-state index contributed by atoms with van der Waals surface area (Å²) in [6.45, 7) is 7.29. The van der Waals surface area contributed by atoms with Crippen molar-refractivity contribution in [2.24, 2.45) is 11.7 Å². The topological polar surface area (TPSA) is 82.8 Å². The van der Waals surface area contributed by atoms with Gasteiger partial charge in [0.25, 0.3) is 0 Å². The summed E-state index contributed by atoms with van der Waals surface area (Å²) >= 11 is 0. The van der Waals surface area contributed by atoms with Crippen LogP contribution in [0.25, 0.3) is 0 Å². The number of methoxy groups -OCH3 is 1. The van der Waals surface area contributed by atoms with Crippen LogP contribution in [0.3, 0.4) is 0 Å². The van der Waals surface area contributed by atoms with Gasteiger partial charge in [0.15, 0.2) is 0 Å². The van der Waals surface area contributed by atoms with Crippen LogP contribution >= 0.6 is 0 Å². The molecule has 0 aromatic carbocycles. The molecule has 0 rings (SSSR count). The molecule has 0 heterocycles. The van der Waals surface area contributed by atoms with Crippen molar-refractivity contribution in [3.8, 4) is 0 Å². The van der Waals surface area contributed by atoms with Crippen molar-refractivity contribution in [3.05, 3.63) is 0 Å². The summed E-state index contributed by atoms with van der Waals surface area (Å²) in [5.74, 6) is -0.146. The van der Waals surface area contributed by atoms with E-state index in [0.29, 0.717) is 39.6 Å². The van der Waals surface area contributed by atoms with Gasteiger partial charge in [-0.05, 0) is 5.92 Å². The number of carbonyl (C=O) groups is 1. The highest BCUT2D eigenvalue weighted by Gasteiger charge is 2.17. The van der Waals surface area contributed by atoms with Crippen LogP contribution in [0.15, 0.2) is 0 Å². The molecular weight excluding hydrogens is 236 g/mol. The van der Waals surface area contributed by atoms with Crippen molar-refractivity contribution in [2.45, 2.75) is 19.9 Å². The molecule has 0 saturated carbocycles. The number of carbonyl (C=O) groups excluding carboxylic acids is 1. The minimum absolute atomic E-state index is 0.180. The van der Waals surface area contributed by atoms with Gasteiger partial charge in [0, 0.05) is 13.7 Å². The normalized spacial score (nSPS) is 12.9. The molecule has 0 saturated heterocycles. The van der Waals surface area contributed by atoms with Crippen LogP contribution in [-0.4, -0.2) is 58.6 Å². The van der Waals surface area contributed by atoms with E-state index in [-0.39, 0.29) is 17.9 Å². The molecule has 18 heavy (non-hydrogen) atoms. The summed E-state index contributed by atoms with van der Waals surface area (Å²) in [4.78, 5) is 11.1. The molecule has 0 aromatic heterocycles. The zero-order valence-electron chi connectivity index (χ0n) is 11.6. The quantitative estimate of drug-likeness (QED) is 0.475. The van der Waals surface area contributed by atoms with Crippen LogP contribution < -0.4 is 11.1 Å². The molecule has 0 spiro atoms. The van der Waals surface area contributed by atoms with Gasteiger partial charge >= 0.3 is 0 Å². The minimum atomic E-state index is -0.326. The second-order valence-electron chi connectivity index (χ2n) is 4.30. The number of hydrogen-bond acceptors (Lipinski definition) is 5. The molecule has 0 aromatic rings. The Bertz CT molecular complexity index is 212. The monoisotopic (exact) mass is 262 g/mol. The van der Waals surface area contributed by atoms with E-state index in [4.69, 9.17) is 19.9 Å². The van der Waals surface area contributed by atoms with Gasteiger partial charge < -0.3 is 25.3 Å². The maximum atomic E-state index is 11.1. The lowest BCUT2D eigenvalue weighted by Crippen LogP contribution is -2.46. The Balaban J connectivity index is 3.36. The summed E-state index contributed by atoms with van der Waals surface area (Å²) in [5, 5.41) is 3.07. The molecule has 1 atom stereocenters. The molecule has 0 aliphatic carbocycles. The van der Waals surface area contributed by atoms with Crippen molar-refractivity contribution in [1.82, 2.24) is 5.32 Å². The van der Waals surface area contributed by atoms with Gasteiger partial charge in [-0.25, -0.2) is 0 Å². The third kappa shape index (κ3) is 9.35. The van der Waals surface area contributed by atoms with Gasteiger partial charge in [-0.1, -0.05) is 13.8 Å². The summed E-state index contributed by atoms with van der Waals surface area (Å²) in [5.41, 5.74) is 5.27. The summed E-state index contributed by atoms with van der Waals surface area (Å²) < 4.78 is 15.4. The molecule has 0 bridgehead atoms. The Morgan fingerprint density at radius 3 is 2.17 bits per heavy atom. The van der Waals surface area contributed by atoms with Crippen LogP contribution in [-0.2, 0) is 19.0 Å². The zero-order chi connectivity index (χ0) is 13.8. The SMILES string of the molecule is COCCOCCOCCNC(C(N)=O)C(C)C. The fraction of sp³-hybridized carbons (Fsp3) is 0.917. The van der Waals surface area contributed by atoms with E-state index < -0.39 is 0 Å². The van der Waals surface area contributed by atoms with Crippen molar-refractivity contribution in [3.63, 3.8) is 0 Å². The van der Waals surface area contributed by atoms with E-state index in [9.17, 15) is 4.79 Å². The van der Waals surface area contributed by atoms with E-state index in [0.717, 1.165) is 0 Å².